The first-order valence-electron chi connectivity index (χ1n) is 6.05. The van der Waals surface area contributed by atoms with Crippen LogP contribution in [0.5, 0.6) is 0 Å². The van der Waals surface area contributed by atoms with Gasteiger partial charge in [-0.15, -0.1) is 0 Å². The number of nitrogens with one attached hydrogen (secondary N) is 1. The van der Waals surface area contributed by atoms with Crippen molar-refractivity contribution in [3.8, 4) is 0 Å². The SMILES string of the molecule is CC(C)(C)c1cc(N)n(C2CCCNC2)n1. The monoisotopic (exact) mass is 222 g/mol. The van der Waals surface area contributed by atoms with Crippen LogP contribution in [0, 0.1) is 0 Å². The van der Waals surface area contributed by atoms with Crippen LogP contribution in [0.15, 0.2) is 6.07 Å². The van der Waals surface area contributed by atoms with Gasteiger partial charge in [-0.1, -0.05) is 20.8 Å². The lowest BCUT2D eigenvalue weighted by atomic mass is 9.92. The predicted octanol–water partition coefficient (Wildman–Crippen LogP) is 1.69. The number of piperidine rings is 1. The van der Waals surface area contributed by atoms with Crippen molar-refractivity contribution >= 4 is 5.82 Å². The van der Waals surface area contributed by atoms with Crippen LogP contribution >= 0.6 is 0 Å². The predicted molar refractivity (Wildman–Crippen MR) is 66.5 cm³/mol. The standard InChI is InChI=1S/C12H22N4/c1-12(2,3)10-7-11(13)16(15-10)9-5-4-6-14-8-9/h7,9,14H,4-6,8,13H2,1-3H3. The molecule has 1 aromatic heterocycles. The summed E-state index contributed by atoms with van der Waals surface area (Å²) >= 11 is 0. The molecule has 1 atom stereocenters. The smallest absolute Gasteiger partial charge is 0.122 e. The highest BCUT2D eigenvalue weighted by molar-refractivity contribution is 5.34. The van der Waals surface area contributed by atoms with E-state index in [9.17, 15) is 0 Å². The quantitative estimate of drug-likeness (QED) is 0.760. The fourth-order valence-corrected chi connectivity index (χ4v) is 2.11. The Bertz CT molecular complexity index is 356. The second-order valence-electron chi connectivity index (χ2n) is 5.65. The van der Waals surface area contributed by atoms with E-state index in [0.717, 1.165) is 24.6 Å². The Morgan fingerprint density at radius 3 is 2.75 bits per heavy atom. The molecule has 2 rings (SSSR count). The van der Waals surface area contributed by atoms with Crippen molar-refractivity contribution in [3.63, 3.8) is 0 Å². The summed E-state index contributed by atoms with van der Waals surface area (Å²) in [5, 5.41) is 8.05. The minimum atomic E-state index is 0.0709. The molecule has 1 aromatic rings. The normalized spacial score (nSPS) is 22.3. The summed E-state index contributed by atoms with van der Waals surface area (Å²) < 4.78 is 1.99. The number of nitrogens with zero attached hydrogens (tertiary/aromatic N) is 2. The molecule has 4 nitrogen and oxygen atoms in total. The van der Waals surface area contributed by atoms with E-state index in [1.54, 1.807) is 0 Å². The molecule has 1 aliphatic rings. The van der Waals surface area contributed by atoms with E-state index in [2.05, 4.69) is 31.2 Å². The number of aromatic nitrogens is 2. The summed E-state index contributed by atoms with van der Waals surface area (Å²) in [6, 6.07) is 2.43. The molecule has 1 aliphatic heterocycles. The average Bonchev–Trinajstić information content (AvgIpc) is 2.61. The first-order chi connectivity index (χ1) is 7.48. The van der Waals surface area contributed by atoms with Crippen LogP contribution in [-0.4, -0.2) is 22.9 Å². The minimum absolute atomic E-state index is 0.0709. The lowest BCUT2D eigenvalue weighted by Crippen LogP contribution is -2.32. The Morgan fingerprint density at radius 2 is 2.25 bits per heavy atom. The summed E-state index contributed by atoms with van der Waals surface area (Å²) in [7, 11) is 0. The van der Waals surface area contributed by atoms with Gasteiger partial charge in [0.15, 0.2) is 0 Å². The van der Waals surface area contributed by atoms with Gasteiger partial charge in [0, 0.05) is 18.0 Å². The zero-order valence-electron chi connectivity index (χ0n) is 10.5. The minimum Gasteiger partial charge on any atom is -0.384 e. The molecule has 90 valence electrons. The van der Waals surface area contributed by atoms with Crippen molar-refractivity contribution in [2.45, 2.75) is 45.1 Å². The Labute approximate surface area is 97.2 Å². The number of hydrogen-bond acceptors (Lipinski definition) is 3. The zero-order valence-corrected chi connectivity index (χ0v) is 10.5. The highest BCUT2D eigenvalue weighted by Gasteiger charge is 2.23. The average molecular weight is 222 g/mol. The third-order valence-electron chi connectivity index (χ3n) is 3.15. The molecule has 1 unspecified atom stereocenters. The van der Waals surface area contributed by atoms with Gasteiger partial charge in [-0.05, 0) is 19.4 Å². The van der Waals surface area contributed by atoms with Crippen molar-refractivity contribution < 1.29 is 0 Å². The Morgan fingerprint density at radius 1 is 1.50 bits per heavy atom. The van der Waals surface area contributed by atoms with Crippen LogP contribution in [0.1, 0.15) is 45.3 Å². The van der Waals surface area contributed by atoms with Crippen LogP contribution in [0.25, 0.3) is 0 Å². The van der Waals surface area contributed by atoms with Crippen LogP contribution in [-0.2, 0) is 5.41 Å². The van der Waals surface area contributed by atoms with Crippen LogP contribution in [0.4, 0.5) is 5.82 Å². The number of hydrogen-bond donors (Lipinski definition) is 2. The Hall–Kier alpha value is -1.03. The third-order valence-corrected chi connectivity index (χ3v) is 3.15. The third kappa shape index (κ3) is 2.21. The van der Waals surface area contributed by atoms with Crippen molar-refractivity contribution in [2.24, 2.45) is 0 Å². The number of nitrogens with two attached hydrogens (primary N) is 1. The molecule has 0 aliphatic carbocycles. The molecule has 2 heterocycles. The summed E-state index contributed by atoms with van der Waals surface area (Å²) in [6.45, 7) is 8.59. The van der Waals surface area contributed by atoms with E-state index >= 15 is 0 Å². The van der Waals surface area contributed by atoms with Gasteiger partial charge in [-0.25, -0.2) is 4.68 Å². The topological polar surface area (TPSA) is 55.9 Å². The van der Waals surface area contributed by atoms with Gasteiger partial charge in [-0.3, -0.25) is 0 Å². The molecular formula is C12H22N4. The first-order valence-corrected chi connectivity index (χ1v) is 6.05. The molecule has 1 saturated heterocycles. The summed E-state index contributed by atoms with van der Waals surface area (Å²) in [6.07, 6.45) is 2.37. The summed E-state index contributed by atoms with van der Waals surface area (Å²) in [5.74, 6) is 0.790. The van der Waals surface area contributed by atoms with Crippen LogP contribution < -0.4 is 11.1 Å². The fraction of sp³-hybridized carbons (Fsp3) is 0.750. The number of rotatable bonds is 1. The maximum absolute atomic E-state index is 6.04. The van der Waals surface area contributed by atoms with E-state index in [1.165, 1.54) is 12.8 Å². The lowest BCUT2D eigenvalue weighted by molar-refractivity contribution is 0.346. The first kappa shape index (κ1) is 11.5. The second-order valence-corrected chi connectivity index (χ2v) is 5.65. The maximum atomic E-state index is 6.04. The van der Waals surface area contributed by atoms with Crippen molar-refractivity contribution in [2.75, 3.05) is 18.8 Å². The molecule has 0 bridgehead atoms. The molecule has 16 heavy (non-hydrogen) atoms. The van der Waals surface area contributed by atoms with Gasteiger partial charge in [0.1, 0.15) is 5.82 Å². The van der Waals surface area contributed by atoms with Crippen molar-refractivity contribution in [1.82, 2.24) is 15.1 Å². The van der Waals surface area contributed by atoms with E-state index in [4.69, 9.17) is 5.73 Å². The number of nitrogen functional groups attached to an aromatic ring is 1. The maximum Gasteiger partial charge on any atom is 0.122 e. The fourth-order valence-electron chi connectivity index (χ4n) is 2.11. The van der Waals surface area contributed by atoms with E-state index in [1.807, 2.05) is 10.7 Å². The largest absolute Gasteiger partial charge is 0.384 e. The van der Waals surface area contributed by atoms with E-state index in [0.29, 0.717) is 6.04 Å². The van der Waals surface area contributed by atoms with Gasteiger partial charge in [0.05, 0.1) is 11.7 Å². The molecule has 0 spiro atoms. The lowest BCUT2D eigenvalue weighted by Gasteiger charge is -2.24. The van der Waals surface area contributed by atoms with Crippen LogP contribution in [0.3, 0.4) is 0 Å². The molecule has 1 fully saturated rings. The highest BCUT2D eigenvalue weighted by Crippen LogP contribution is 2.26. The number of anilines is 1. The van der Waals surface area contributed by atoms with Crippen molar-refractivity contribution in [3.05, 3.63) is 11.8 Å². The van der Waals surface area contributed by atoms with Gasteiger partial charge in [-0.2, -0.15) is 5.10 Å². The van der Waals surface area contributed by atoms with Gasteiger partial charge < -0.3 is 11.1 Å². The van der Waals surface area contributed by atoms with Crippen LogP contribution in [0.2, 0.25) is 0 Å². The molecule has 0 radical (unpaired) electrons. The Balaban J connectivity index is 2.24. The molecule has 0 amide bonds. The summed E-state index contributed by atoms with van der Waals surface area (Å²) in [5.41, 5.74) is 7.19. The molecular weight excluding hydrogens is 200 g/mol. The van der Waals surface area contributed by atoms with Gasteiger partial charge >= 0.3 is 0 Å². The molecule has 3 N–H and O–H groups in total. The molecule has 0 saturated carbocycles. The Kier molecular flexibility index (Phi) is 2.93. The van der Waals surface area contributed by atoms with Crippen molar-refractivity contribution in [1.29, 1.82) is 0 Å². The van der Waals surface area contributed by atoms with E-state index < -0.39 is 0 Å². The highest BCUT2D eigenvalue weighted by atomic mass is 15.3. The zero-order chi connectivity index (χ0) is 11.8. The van der Waals surface area contributed by atoms with Gasteiger partial charge in [0.2, 0.25) is 0 Å². The molecule has 4 heteroatoms. The van der Waals surface area contributed by atoms with Gasteiger partial charge in [0.25, 0.3) is 0 Å². The van der Waals surface area contributed by atoms with E-state index in [-0.39, 0.29) is 5.41 Å². The second kappa shape index (κ2) is 4.09. The molecule has 0 aromatic carbocycles. The summed E-state index contributed by atoms with van der Waals surface area (Å²) in [4.78, 5) is 0.